The number of carbonyl (C=O) groups excluding carboxylic acids is 1. The van der Waals surface area contributed by atoms with Gasteiger partial charge in [-0.1, -0.05) is 0 Å². The number of ether oxygens (including phenoxy) is 1. The lowest BCUT2D eigenvalue weighted by Gasteiger charge is -1.99. The van der Waals surface area contributed by atoms with Gasteiger partial charge in [-0.25, -0.2) is 0 Å². The zero-order valence-corrected chi connectivity index (χ0v) is 8.55. The van der Waals surface area contributed by atoms with Crippen LogP contribution in [0.5, 0.6) is 0 Å². The Hall–Kier alpha value is -1.10. The lowest BCUT2D eigenvalue weighted by molar-refractivity contribution is -0.139. The van der Waals surface area contributed by atoms with Crippen LogP contribution in [-0.2, 0) is 16.0 Å². The first kappa shape index (κ1) is 9.98. The zero-order chi connectivity index (χ0) is 9.84. The van der Waals surface area contributed by atoms with Gasteiger partial charge in [0.25, 0.3) is 5.56 Å². The minimum Gasteiger partial charge on any atom is -0.469 e. The summed E-state index contributed by atoms with van der Waals surface area (Å²) in [6.45, 7) is 0. The first-order valence-electron chi connectivity index (χ1n) is 3.58. The normalized spacial score (nSPS) is 9.69. The maximum Gasteiger partial charge on any atom is 0.311 e. The second kappa shape index (κ2) is 4.23. The number of aromatic amines is 1. The number of methoxy groups -OCH3 is 1. The first-order valence-corrected chi connectivity index (χ1v) is 4.37. The predicted molar refractivity (Wildman–Crippen MR) is 50.5 cm³/mol. The summed E-state index contributed by atoms with van der Waals surface area (Å²) in [4.78, 5) is 24.4. The van der Waals surface area contributed by atoms with E-state index in [1.165, 1.54) is 7.11 Å². The SMILES string of the molecule is COC(=O)Cc1ccc(Br)c(=O)[nH]1. The van der Waals surface area contributed by atoms with Crippen molar-refractivity contribution in [3.8, 4) is 0 Å². The van der Waals surface area contributed by atoms with Crippen molar-refractivity contribution in [3.63, 3.8) is 0 Å². The number of carbonyl (C=O) groups is 1. The second-order valence-corrected chi connectivity index (χ2v) is 3.27. The zero-order valence-electron chi connectivity index (χ0n) is 6.96. The number of pyridine rings is 1. The molecule has 0 fully saturated rings. The number of esters is 1. The topological polar surface area (TPSA) is 59.2 Å². The Kier molecular flexibility index (Phi) is 3.25. The Balaban J connectivity index is 2.86. The van der Waals surface area contributed by atoms with E-state index in [-0.39, 0.29) is 17.9 Å². The van der Waals surface area contributed by atoms with E-state index >= 15 is 0 Å². The molecular formula is C8H8BrNO3. The quantitative estimate of drug-likeness (QED) is 0.787. The lowest BCUT2D eigenvalue weighted by atomic mass is 10.3. The van der Waals surface area contributed by atoms with E-state index in [2.05, 4.69) is 25.7 Å². The minimum absolute atomic E-state index is 0.0824. The number of hydrogen-bond acceptors (Lipinski definition) is 3. The summed E-state index contributed by atoms with van der Waals surface area (Å²) in [5.74, 6) is -0.377. The van der Waals surface area contributed by atoms with Gasteiger partial charge in [0.2, 0.25) is 0 Å². The monoisotopic (exact) mass is 245 g/mol. The summed E-state index contributed by atoms with van der Waals surface area (Å²) >= 11 is 3.05. The van der Waals surface area contributed by atoms with E-state index in [0.29, 0.717) is 10.2 Å². The van der Waals surface area contributed by atoms with Crippen LogP contribution in [0.25, 0.3) is 0 Å². The summed E-state index contributed by atoms with van der Waals surface area (Å²) in [6.07, 6.45) is 0.0824. The molecule has 0 atom stereocenters. The summed E-state index contributed by atoms with van der Waals surface area (Å²) in [7, 11) is 1.30. The maximum absolute atomic E-state index is 11.1. The molecule has 1 aromatic heterocycles. The van der Waals surface area contributed by atoms with Crippen LogP contribution in [0.4, 0.5) is 0 Å². The molecule has 0 unspecified atom stereocenters. The molecule has 0 aliphatic rings. The van der Waals surface area contributed by atoms with Crippen LogP contribution in [0.3, 0.4) is 0 Å². The van der Waals surface area contributed by atoms with Crippen molar-refractivity contribution in [1.29, 1.82) is 0 Å². The molecule has 5 heteroatoms. The average molecular weight is 246 g/mol. The molecule has 0 aliphatic heterocycles. The van der Waals surface area contributed by atoms with Crippen molar-refractivity contribution >= 4 is 21.9 Å². The molecule has 0 bridgehead atoms. The standard InChI is InChI=1S/C8H8BrNO3/c1-13-7(11)4-5-2-3-6(9)8(12)10-5/h2-3H,4H2,1H3,(H,10,12). The molecule has 1 aromatic rings. The fourth-order valence-electron chi connectivity index (χ4n) is 0.827. The molecule has 1 N–H and O–H groups in total. The Labute approximate surface area is 83.1 Å². The van der Waals surface area contributed by atoms with E-state index in [0.717, 1.165) is 0 Å². The van der Waals surface area contributed by atoms with Crippen LogP contribution in [0.1, 0.15) is 5.69 Å². The number of rotatable bonds is 2. The van der Waals surface area contributed by atoms with Crippen molar-refractivity contribution in [2.75, 3.05) is 7.11 Å². The van der Waals surface area contributed by atoms with Crippen LogP contribution in [0.2, 0.25) is 0 Å². The third-order valence-electron chi connectivity index (χ3n) is 1.48. The molecule has 0 amide bonds. The number of hydrogen-bond donors (Lipinski definition) is 1. The molecule has 0 radical (unpaired) electrons. The number of nitrogens with one attached hydrogen (secondary N) is 1. The average Bonchev–Trinajstić information content (AvgIpc) is 2.11. The molecule has 4 nitrogen and oxygen atoms in total. The molecule has 0 aliphatic carbocycles. The van der Waals surface area contributed by atoms with Crippen molar-refractivity contribution in [2.45, 2.75) is 6.42 Å². The highest BCUT2D eigenvalue weighted by Crippen LogP contribution is 2.02. The minimum atomic E-state index is -0.377. The molecule has 70 valence electrons. The van der Waals surface area contributed by atoms with Crippen molar-refractivity contribution in [2.24, 2.45) is 0 Å². The van der Waals surface area contributed by atoms with Gasteiger partial charge in [-0.3, -0.25) is 9.59 Å². The first-order chi connectivity index (χ1) is 6.13. The van der Waals surface area contributed by atoms with Gasteiger partial charge in [-0.15, -0.1) is 0 Å². The molecule has 1 heterocycles. The van der Waals surface area contributed by atoms with E-state index in [1.807, 2.05) is 0 Å². The predicted octanol–water partition coefficient (Wildman–Crippen LogP) is 0.853. The van der Waals surface area contributed by atoms with Gasteiger partial charge >= 0.3 is 5.97 Å². The van der Waals surface area contributed by atoms with E-state index in [9.17, 15) is 9.59 Å². The van der Waals surface area contributed by atoms with Crippen LogP contribution in [-0.4, -0.2) is 18.1 Å². The highest BCUT2D eigenvalue weighted by molar-refractivity contribution is 9.10. The largest absolute Gasteiger partial charge is 0.469 e. The van der Waals surface area contributed by atoms with Crippen LogP contribution in [0.15, 0.2) is 21.4 Å². The molecule has 0 saturated heterocycles. The summed E-state index contributed by atoms with van der Waals surface area (Å²) < 4.78 is 4.90. The molecular weight excluding hydrogens is 238 g/mol. The van der Waals surface area contributed by atoms with Gasteiger partial charge in [0.1, 0.15) is 0 Å². The summed E-state index contributed by atoms with van der Waals surface area (Å²) in [6, 6.07) is 3.25. The van der Waals surface area contributed by atoms with Crippen molar-refractivity contribution in [3.05, 3.63) is 32.7 Å². The number of halogens is 1. The van der Waals surface area contributed by atoms with E-state index in [4.69, 9.17) is 0 Å². The van der Waals surface area contributed by atoms with Crippen LogP contribution >= 0.6 is 15.9 Å². The Morgan fingerprint density at radius 2 is 2.31 bits per heavy atom. The van der Waals surface area contributed by atoms with Gasteiger partial charge in [-0.05, 0) is 28.1 Å². The van der Waals surface area contributed by atoms with E-state index in [1.54, 1.807) is 12.1 Å². The molecule has 1 rings (SSSR count). The van der Waals surface area contributed by atoms with Crippen molar-refractivity contribution in [1.82, 2.24) is 4.98 Å². The van der Waals surface area contributed by atoms with Crippen LogP contribution < -0.4 is 5.56 Å². The van der Waals surface area contributed by atoms with Gasteiger partial charge in [0.05, 0.1) is 18.0 Å². The fourth-order valence-corrected chi connectivity index (χ4v) is 1.06. The highest BCUT2D eigenvalue weighted by atomic mass is 79.9. The molecule has 0 saturated carbocycles. The molecule has 0 aromatic carbocycles. The van der Waals surface area contributed by atoms with Gasteiger partial charge in [0, 0.05) is 5.69 Å². The van der Waals surface area contributed by atoms with Gasteiger partial charge in [-0.2, -0.15) is 0 Å². The highest BCUT2D eigenvalue weighted by Gasteiger charge is 2.04. The molecule has 13 heavy (non-hydrogen) atoms. The van der Waals surface area contributed by atoms with Gasteiger partial charge in [0.15, 0.2) is 0 Å². The lowest BCUT2D eigenvalue weighted by Crippen LogP contribution is -2.13. The Morgan fingerprint density at radius 1 is 1.62 bits per heavy atom. The Bertz CT molecular complexity index is 372. The number of H-pyrrole nitrogens is 1. The molecule has 0 spiro atoms. The fraction of sp³-hybridized carbons (Fsp3) is 0.250. The van der Waals surface area contributed by atoms with Crippen LogP contribution in [0, 0.1) is 0 Å². The van der Waals surface area contributed by atoms with Gasteiger partial charge < -0.3 is 9.72 Å². The second-order valence-electron chi connectivity index (χ2n) is 2.41. The third kappa shape index (κ3) is 2.69. The third-order valence-corrected chi connectivity index (χ3v) is 2.11. The smallest absolute Gasteiger partial charge is 0.311 e. The number of aromatic nitrogens is 1. The van der Waals surface area contributed by atoms with E-state index < -0.39 is 0 Å². The maximum atomic E-state index is 11.1. The summed E-state index contributed by atoms with van der Waals surface area (Å²) in [5, 5.41) is 0. The van der Waals surface area contributed by atoms with Crippen molar-refractivity contribution < 1.29 is 9.53 Å². The summed E-state index contributed by atoms with van der Waals surface area (Å²) in [5.41, 5.74) is 0.293. The Morgan fingerprint density at radius 3 is 2.85 bits per heavy atom.